The molecule has 0 spiro atoms. The molecule has 4 heterocycles. The third-order valence-electron chi connectivity index (χ3n) is 4.24. The van der Waals surface area contributed by atoms with Gasteiger partial charge in [-0.2, -0.15) is 0 Å². The Hall–Kier alpha value is -3.26. The van der Waals surface area contributed by atoms with Crippen LogP contribution in [0.1, 0.15) is 23.0 Å². The van der Waals surface area contributed by atoms with Gasteiger partial charge in [0.15, 0.2) is 0 Å². The highest BCUT2D eigenvalue weighted by atomic mass is 35.5. The fraction of sp³-hybridized carbons (Fsp3) is 0.118. The van der Waals surface area contributed by atoms with Gasteiger partial charge in [0.25, 0.3) is 11.5 Å². The molecule has 3 aromatic heterocycles. The lowest BCUT2D eigenvalue weighted by atomic mass is 10.0. The predicted octanol–water partition coefficient (Wildman–Crippen LogP) is 1.89. The molecule has 3 aromatic rings. The first-order valence-electron chi connectivity index (χ1n) is 7.73. The number of anilines is 2. The predicted molar refractivity (Wildman–Crippen MR) is 95.5 cm³/mol. The SMILES string of the molecule is CC1(c2cccnc2)NC(=O)c2c(Cl)cc(Nc3ccncn3)c(=O)n21. The number of hydrogen-bond acceptors (Lipinski definition) is 6. The Labute approximate surface area is 152 Å². The van der Waals surface area contributed by atoms with Gasteiger partial charge in [0, 0.05) is 24.2 Å². The van der Waals surface area contributed by atoms with Crippen molar-refractivity contribution in [3.8, 4) is 0 Å². The van der Waals surface area contributed by atoms with E-state index in [1.165, 1.54) is 17.0 Å². The maximum Gasteiger partial charge on any atom is 0.277 e. The summed E-state index contributed by atoms with van der Waals surface area (Å²) in [4.78, 5) is 37.6. The van der Waals surface area contributed by atoms with E-state index in [4.69, 9.17) is 11.6 Å². The Morgan fingerprint density at radius 3 is 2.77 bits per heavy atom. The standard InChI is InChI=1S/C17H13ClN6O2/c1-17(10-3-2-5-19-8-10)23-15(25)14-11(18)7-12(16(26)24(14)17)22-13-4-6-20-9-21-13/h2-9H,1H3,(H,23,25)(H,20,21,22). The maximum atomic E-state index is 13.1. The normalized spacial score (nSPS) is 18.3. The summed E-state index contributed by atoms with van der Waals surface area (Å²) in [5, 5.41) is 5.91. The minimum absolute atomic E-state index is 0.108. The molecule has 2 N–H and O–H groups in total. The first kappa shape index (κ1) is 16.2. The fourth-order valence-electron chi connectivity index (χ4n) is 3.00. The minimum atomic E-state index is -1.11. The van der Waals surface area contributed by atoms with Crippen LogP contribution in [0.5, 0.6) is 0 Å². The Kier molecular flexibility index (Phi) is 3.69. The van der Waals surface area contributed by atoms with Crippen LogP contribution < -0.4 is 16.2 Å². The Morgan fingerprint density at radius 2 is 2.08 bits per heavy atom. The van der Waals surface area contributed by atoms with Crippen molar-refractivity contribution >= 4 is 29.0 Å². The average molecular weight is 369 g/mol. The van der Waals surface area contributed by atoms with Crippen molar-refractivity contribution in [3.05, 3.63) is 75.8 Å². The molecule has 1 aliphatic heterocycles. The number of hydrogen-bond donors (Lipinski definition) is 2. The Balaban J connectivity index is 1.92. The number of aromatic nitrogens is 4. The molecule has 0 saturated heterocycles. The summed E-state index contributed by atoms with van der Waals surface area (Å²) in [6.07, 6.45) is 6.13. The highest BCUT2D eigenvalue weighted by Gasteiger charge is 2.43. The highest BCUT2D eigenvalue weighted by Crippen LogP contribution is 2.32. The molecule has 4 rings (SSSR count). The van der Waals surface area contributed by atoms with Gasteiger partial charge in [-0.3, -0.25) is 19.1 Å². The van der Waals surface area contributed by atoms with Gasteiger partial charge < -0.3 is 10.6 Å². The molecule has 0 aliphatic carbocycles. The molecule has 1 aliphatic rings. The van der Waals surface area contributed by atoms with Crippen molar-refractivity contribution in [1.82, 2.24) is 24.8 Å². The summed E-state index contributed by atoms with van der Waals surface area (Å²) in [6, 6.07) is 6.56. The summed E-state index contributed by atoms with van der Waals surface area (Å²) >= 11 is 6.31. The van der Waals surface area contributed by atoms with Crippen LogP contribution in [0.2, 0.25) is 5.02 Å². The van der Waals surface area contributed by atoms with E-state index in [1.54, 1.807) is 43.7 Å². The van der Waals surface area contributed by atoms with Crippen molar-refractivity contribution in [1.29, 1.82) is 0 Å². The zero-order valence-corrected chi connectivity index (χ0v) is 14.4. The zero-order chi connectivity index (χ0) is 18.3. The highest BCUT2D eigenvalue weighted by molar-refractivity contribution is 6.34. The van der Waals surface area contributed by atoms with E-state index >= 15 is 0 Å². The molecule has 1 atom stereocenters. The Morgan fingerprint density at radius 1 is 1.23 bits per heavy atom. The fourth-order valence-corrected chi connectivity index (χ4v) is 3.28. The van der Waals surface area contributed by atoms with E-state index in [1.807, 2.05) is 0 Å². The van der Waals surface area contributed by atoms with Crippen LogP contribution in [0.25, 0.3) is 0 Å². The number of nitrogens with zero attached hydrogens (tertiary/aromatic N) is 4. The zero-order valence-electron chi connectivity index (χ0n) is 13.6. The van der Waals surface area contributed by atoms with E-state index in [0.29, 0.717) is 11.4 Å². The van der Waals surface area contributed by atoms with Crippen molar-refractivity contribution in [2.75, 3.05) is 5.32 Å². The first-order valence-corrected chi connectivity index (χ1v) is 8.10. The second-order valence-corrected chi connectivity index (χ2v) is 6.29. The molecule has 0 bridgehead atoms. The van der Waals surface area contributed by atoms with Crippen LogP contribution >= 0.6 is 11.6 Å². The second kappa shape index (κ2) is 5.92. The number of amides is 1. The minimum Gasteiger partial charge on any atom is -0.336 e. The van der Waals surface area contributed by atoms with Crippen molar-refractivity contribution < 1.29 is 4.79 Å². The monoisotopic (exact) mass is 368 g/mol. The quantitative estimate of drug-likeness (QED) is 0.732. The van der Waals surface area contributed by atoms with Crippen LogP contribution in [-0.4, -0.2) is 25.4 Å². The van der Waals surface area contributed by atoms with E-state index in [-0.39, 0.29) is 16.4 Å². The number of halogens is 1. The third-order valence-corrected chi connectivity index (χ3v) is 4.53. The number of pyridine rings is 2. The molecule has 8 nitrogen and oxygen atoms in total. The topological polar surface area (TPSA) is 102 Å². The van der Waals surface area contributed by atoms with Crippen molar-refractivity contribution in [3.63, 3.8) is 0 Å². The Bertz CT molecular complexity index is 1050. The molecule has 0 saturated carbocycles. The van der Waals surface area contributed by atoms with Gasteiger partial charge in [-0.1, -0.05) is 17.7 Å². The summed E-state index contributed by atoms with van der Waals surface area (Å²) < 4.78 is 1.35. The molecule has 0 aromatic carbocycles. The molecule has 0 fully saturated rings. The van der Waals surface area contributed by atoms with Gasteiger partial charge in [-0.25, -0.2) is 9.97 Å². The maximum absolute atomic E-state index is 13.1. The third kappa shape index (κ3) is 2.42. The van der Waals surface area contributed by atoms with E-state index in [0.717, 1.165) is 0 Å². The van der Waals surface area contributed by atoms with Gasteiger partial charge in [0.05, 0.1) is 5.02 Å². The molecular formula is C17H13ClN6O2. The van der Waals surface area contributed by atoms with Crippen LogP contribution in [0.3, 0.4) is 0 Å². The number of nitrogens with one attached hydrogen (secondary N) is 2. The smallest absolute Gasteiger partial charge is 0.277 e. The summed E-state index contributed by atoms with van der Waals surface area (Å²) in [5.41, 5.74) is -0.553. The molecule has 130 valence electrons. The van der Waals surface area contributed by atoms with Gasteiger partial charge in [-0.05, 0) is 25.1 Å². The van der Waals surface area contributed by atoms with Gasteiger partial charge in [-0.15, -0.1) is 0 Å². The lowest BCUT2D eigenvalue weighted by molar-refractivity contribution is 0.0941. The number of carbonyl (C=O) groups excluding carboxylic acids is 1. The summed E-state index contributed by atoms with van der Waals surface area (Å²) in [6.45, 7) is 1.73. The molecule has 1 unspecified atom stereocenters. The van der Waals surface area contributed by atoms with E-state index in [2.05, 4.69) is 25.6 Å². The van der Waals surface area contributed by atoms with Gasteiger partial charge >= 0.3 is 0 Å². The van der Waals surface area contributed by atoms with Crippen LogP contribution in [0.15, 0.2) is 54.0 Å². The first-order chi connectivity index (χ1) is 12.5. The molecule has 9 heteroatoms. The lowest BCUT2D eigenvalue weighted by Crippen LogP contribution is -2.46. The van der Waals surface area contributed by atoms with Gasteiger partial charge in [0.2, 0.25) is 0 Å². The summed E-state index contributed by atoms with van der Waals surface area (Å²) in [5.74, 6) is 0.0149. The van der Waals surface area contributed by atoms with E-state index in [9.17, 15) is 9.59 Å². The average Bonchev–Trinajstić information content (AvgIpc) is 2.93. The van der Waals surface area contributed by atoms with Crippen LogP contribution in [0, 0.1) is 0 Å². The van der Waals surface area contributed by atoms with Crippen molar-refractivity contribution in [2.45, 2.75) is 12.6 Å². The molecular weight excluding hydrogens is 356 g/mol. The van der Waals surface area contributed by atoms with Crippen LogP contribution in [0.4, 0.5) is 11.5 Å². The number of carbonyl (C=O) groups is 1. The lowest BCUT2D eigenvalue weighted by Gasteiger charge is -2.27. The van der Waals surface area contributed by atoms with Gasteiger partial charge in [0.1, 0.15) is 29.2 Å². The number of fused-ring (bicyclic) bond motifs is 1. The largest absolute Gasteiger partial charge is 0.336 e. The molecule has 0 radical (unpaired) electrons. The van der Waals surface area contributed by atoms with Crippen molar-refractivity contribution in [2.24, 2.45) is 0 Å². The van der Waals surface area contributed by atoms with Crippen LogP contribution in [-0.2, 0) is 5.66 Å². The summed E-state index contributed by atoms with van der Waals surface area (Å²) in [7, 11) is 0. The molecule has 26 heavy (non-hydrogen) atoms. The molecule has 1 amide bonds. The number of rotatable bonds is 3. The second-order valence-electron chi connectivity index (χ2n) is 5.88. The van der Waals surface area contributed by atoms with E-state index < -0.39 is 17.1 Å².